The summed E-state index contributed by atoms with van der Waals surface area (Å²) in [6.45, 7) is 7.43. The molecule has 5 heteroatoms. The third-order valence-electron chi connectivity index (χ3n) is 4.79. The van der Waals surface area contributed by atoms with Crippen molar-refractivity contribution in [3.63, 3.8) is 0 Å². The second-order valence-electron chi connectivity index (χ2n) is 6.93. The van der Waals surface area contributed by atoms with E-state index in [0.717, 1.165) is 68.4 Å². The SMILES string of the molecule is CCCc1nc(C)cc(N2CCC(NCCCc3ccco3)CC2)n1. The number of hydrogen-bond donors (Lipinski definition) is 1. The quantitative estimate of drug-likeness (QED) is 0.744. The van der Waals surface area contributed by atoms with Gasteiger partial charge in [0.1, 0.15) is 17.4 Å². The Balaban J connectivity index is 1.42. The molecule has 0 saturated carbocycles. The topological polar surface area (TPSA) is 54.2 Å². The van der Waals surface area contributed by atoms with E-state index in [-0.39, 0.29) is 0 Å². The zero-order valence-electron chi connectivity index (χ0n) is 15.5. The van der Waals surface area contributed by atoms with Gasteiger partial charge in [0.05, 0.1) is 6.26 Å². The zero-order valence-corrected chi connectivity index (χ0v) is 15.5. The molecule has 1 N–H and O–H groups in total. The predicted octanol–water partition coefficient (Wildman–Crippen LogP) is 3.52. The summed E-state index contributed by atoms with van der Waals surface area (Å²) in [5.74, 6) is 3.17. The number of aryl methyl sites for hydroxylation is 3. The van der Waals surface area contributed by atoms with E-state index in [1.54, 1.807) is 6.26 Å². The van der Waals surface area contributed by atoms with Crippen molar-refractivity contribution in [2.24, 2.45) is 0 Å². The van der Waals surface area contributed by atoms with Gasteiger partial charge in [0.15, 0.2) is 0 Å². The highest BCUT2D eigenvalue weighted by molar-refractivity contribution is 5.40. The van der Waals surface area contributed by atoms with E-state index < -0.39 is 0 Å². The highest BCUT2D eigenvalue weighted by atomic mass is 16.3. The molecule has 0 unspecified atom stereocenters. The molecule has 0 aromatic carbocycles. The van der Waals surface area contributed by atoms with E-state index in [9.17, 15) is 0 Å². The first-order valence-corrected chi connectivity index (χ1v) is 9.60. The Morgan fingerprint density at radius 2 is 2.08 bits per heavy atom. The molecule has 1 aliphatic rings. The smallest absolute Gasteiger partial charge is 0.132 e. The van der Waals surface area contributed by atoms with Gasteiger partial charge in [-0.3, -0.25) is 0 Å². The molecular weight excluding hydrogens is 312 g/mol. The largest absolute Gasteiger partial charge is 0.469 e. The number of nitrogens with zero attached hydrogens (tertiary/aromatic N) is 3. The lowest BCUT2D eigenvalue weighted by Crippen LogP contribution is -2.43. The van der Waals surface area contributed by atoms with Crippen LogP contribution in [0.3, 0.4) is 0 Å². The van der Waals surface area contributed by atoms with Gasteiger partial charge < -0.3 is 14.6 Å². The van der Waals surface area contributed by atoms with Crippen LogP contribution < -0.4 is 10.2 Å². The highest BCUT2D eigenvalue weighted by Gasteiger charge is 2.20. The van der Waals surface area contributed by atoms with Gasteiger partial charge in [0.2, 0.25) is 0 Å². The lowest BCUT2D eigenvalue weighted by atomic mass is 10.0. The molecule has 2 aromatic rings. The van der Waals surface area contributed by atoms with Crippen LogP contribution in [-0.2, 0) is 12.8 Å². The molecule has 25 heavy (non-hydrogen) atoms. The highest BCUT2D eigenvalue weighted by Crippen LogP contribution is 2.19. The van der Waals surface area contributed by atoms with Crippen molar-refractivity contribution in [2.75, 3.05) is 24.5 Å². The molecular formula is C20H30N4O. The summed E-state index contributed by atoms with van der Waals surface area (Å²) >= 11 is 0. The second kappa shape index (κ2) is 8.99. The maximum atomic E-state index is 5.38. The van der Waals surface area contributed by atoms with Gasteiger partial charge in [-0.1, -0.05) is 6.92 Å². The molecule has 1 aliphatic heterocycles. The van der Waals surface area contributed by atoms with Crippen LogP contribution in [0, 0.1) is 6.92 Å². The summed E-state index contributed by atoms with van der Waals surface area (Å²) in [6.07, 6.45) is 8.28. The fraction of sp³-hybridized carbons (Fsp3) is 0.600. The second-order valence-corrected chi connectivity index (χ2v) is 6.93. The molecule has 0 amide bonds. The number of furan rings is 1. The summed E-state index contributed by atoms with van der Waals surface area (Å²) < 4.78 is 5.38. The molecule has 0 spiro atoms. The van der Waals surface area contributed by atoms with Crippen LogP contribution in [0.4, 0.5) is 5.82 Å². The Bertz CT molecular complexity index is 633. The summed E-state index contributed by atoms with van der Waals surface area (Å²) in [7, 11) is 0. The molecule has 0 bridgehead atoms. The molecule has 1 fully saturated rings. The first kappa shape index (κ1) is 17.9. The van der Waals surface area contributed by atoms with Crippen molar-refractivity contribution in [2.45, 2.75) is 58.4 Å². The summed E-state index contributed by atoms with van der Waals surface area (Å²) in [5, 5.41) is 3.70. The average Bonchev–Trinajstić information content (AvgIpc) is 3.12. The van der Waals surface area contributed by atoms with Crippen LogP contribution in [0.1, 0.15) is 49.9 Å². The molecule has 0 aliphatic carbocycles. The zero-order chi connectivity index (χ0) is 17.5. The van der Waals surface area contributed by atoms with Crippen molar-refractivity contribution in [3.8, 4) is 0 Å². The number of anilines is 1. The maximum absolute atomic E-state index is 5.38. The normalized spacial score (nSPS) is 15.7. The van der Waals surface area contributed by atoms with Crippen LogP contribution in [0.5, 0.6) is 0 Å². The summed E-state index contributed by atoms with van der Waals surface area (Å²) in [6, 6.07) is 6.75. The Kier molecular flexibility index (Phi) is 6.45. The van der Waals surface area contributed by atoms with Crippen molar-refractivity contribution in [3.05, 3.63) is 41.7 Å². The Hall–Kier alpha value is -1.88. The summed E-state index contributed by atoms with van der Waals surface area (Å²) in [4.78, 5) is 11.7. The van der Waals surface area contributed by atoms with Crippen LogP contribution in [-0.4, -0.2) is 35.6 Å². The fourth-order valence-electron chi connectivity index (χ4n) is 3.45. The Morgan fingerprint density at radius 3 is 2.80 bits per heavy atom. The van der Waals surface area contributed by atoms with Crippen molar-refractivity contribution < 1.29 is 4.42 Å². The first-order chi connectivity index (χ1) is 12.2. The first-order valence-electron chi connectivity index (χ1n) is 9.60. The van der Waals surface area contributed by atoms with Gasteiger partial charge in [-0.05, 0) is 51.3 Å². The lowest BCUT2D eigenvalue weighted by Gasteiger charge is -2.33. The minimum atomic E-state index is 0.617. The average molecular weight is 342 g/mol. The van der Waals surface area contributed by atoms with Crippen molar-refractivity contribution in [1.82, 2.24) is 15.3 Å². The van der Waals surface area contributed by atoms with Crippen LogP contribution in [0.25, 0.3) is 0 Å². The number of piperidine rings is 1. The fourth-order valence-corrected chi connectivity index (χ4v) is 3.45. The van der Waals surface area contributed by atoms with E-state index in [2.05, 4.69) is 41.2 Å². The van der Waals surface area contributed by atoms with E-state index in [1.807, 2.05) is 6.07 Å². The Labute approximate surface area is 150 Å². The molecule has 136 valence electrons. The monoisotopic (exact) mass is 342 g/mol. The predicted molar refractivity (Wildman–Crippen MR) is 101 cm³/mol. The van der Waals surface area contributed by atoms with Crippen molar-refractivity contribution in [1.29, 1.82) is 0 Å². The van der Waals surface area contributed by atoms with E-state index in [0.29, 0.717) is 6.04 Å². The van der Waals surface area contributed by atoms with Crippen LogP contribution in [0.2, 0.25) is 0 Å². The third kappa shape index (κ3) is 5.30. The van der Waals surface area contributed by atoms with Gasteiger partial charge in [-0.2, -0.15) is 0 Å². The molecule has 0 atom stereocenters. The maximum Gasteiger partial charge on any atom is 0.132 e. The van der Waals surface area contributed by atoms with E-state index in [1.165, 1.54) is 12.8 Å². The lowest BCUT2D eigenvalue weighted by molar-refractivity contribution is 0.406. The molecule has 1 saturated heterocycles. The molecule has 5 nitrogen and oxygen atoms in total. The molecule has 0 radical (unpaired) electrons. The van der Waals surface area contributed by atoms with Gasteiger partial charge >= 0.3 is 0 Å². The third-order valence-corrected chi connectivity index (χ3v) is 4.79. The van der Waals surface area contributed by atoms with Gasteiger partial charge in [0, 0.05) is 43.7 Å². The standard InChI is InChI=1S/C20H30N4O/c1-3-6-19-22-16(2)15-20(23-19)24-12-9-17(10-13-24)21-11-4-7-18-8-5-14-25-18/h5,8,14-15,17,21H,3-4,6-7,9-13H2,1-2H3. The molecule has 3 rings (SSSR count). The van der Waals surface area contributed by atoms with Crippen LogP contribution >= 0.6 is 0 Å². The number of aromatic nitrogens is 2. The minimum Gasteiger partial charge on any atom is -0.469 e. The van der Waals surface area contributed by atoms with Gasteiger partial charge in [-0.25, -0.2) is 9.97 Å². The molecule has 2 aromatic heterocycles. The van der Waals surface area contributed by atoms with E-state index in [4.69, 9.17) is 9.40 Å². The van der Waals surface area contributed by atoms with E-state index >= 15 is 0 Å². The molecule has 3 heterocycles. The number of rotatable bonds is 8. The summed E-state index contributed by atoms with van der Waals surface area (Å²) in [5.41, 5.74) is 1.08. The van der Waals surface area contributed by atoms with Gasteiger partial charge in [-0.15, -0.1) is 0 Å². The van der Waals surface area contributed by atoms with Crippen LogP contribution in [0.15, 0.2) is 28.9 Å². The van der Waals surface area contributed by atoms with Gasteiger partial charge in [0.25, 0.3) is 0 Å². The minimum absolute atomic E-state index is 0.617. The number of hydrogen-bond acceptors (Lipinski definition) is 5. The number of nitrogens with one attached hydrogen (secondary N) is 1. The van der Waals surface area contributed by atoms with Crippen molar-refractivity contribution >= 4 is 5.82 Å². The Morgan fingerprint density at radius 1 is 1.24 bits per heavy atom.